The van der Waals surface area contributed by atoms with Gasteiger partial charge in [-0.2, -0.15) is 5.10 Å². The van der Waals surface area contributed by atoms with Gasteiger partial charge >= 0.3 is 0 Å². The average molecular weight is 302 g/mol. The molecule has 2 aliphatic rings. The molecule has 0 radical (unpaired) electrons. The summed E-state index contributed by atoms with van der Waals surface area (Å²) in [6.45, 7) is 2.72. The van der Waals surface area contributed by atoms with Crippen molar-refractivity contribution in [2.75, 3.05) is 0 Å². The van der Waals surface area contributed by atoms with E-state index in [-0.39, 0.29) is 0 Å². The Morgan fingerprint density at radius 2 is 2.18 bits per heavy atom. The van der Waals surface area contributed by atoms with Crippen molar-refractivity contribution in [1.82, 2.24) is 15.1 Å². The lowest BCUT2D eigenvalue weighted by molar-refractivity contribution is 0.0764. The van der Waals surface area contributed by atoms with Gasteiger partial charge in [-0.05, 0) is 35.7 Å². The summed E-state index contributed by atoms with van der Waals surface area (Å²) in [7, 11) is 0. The number of hydrogen-bond acceptors (Lipinski definition) is 2. The van der Waals surface area contributed by atoms with Crippen LogP contribution in [-0.2, 0) is 12.2 Å². The fourth-order valence-electron chi connectivity index (χ4n) is 3.33. The number of nitrogens with zero attached hydrogens (tertiary/aromatic N) is 2. The summed E-state index contributed by atoms with van der Waals surface area (Å²) in [6.07, 6.45) is 5.08. The molecule has 94 valence electrons. The highest BCUT2D eigenvalue weighted by Gasteiger charge is 2.47. The second-order valence-electron chi connectivity index (χ2n) is 5.17. The zero-order valence-electron chi connectivity index (χ0n) is 9.92. The summed E-state index contributed by atoms with van der Waals surface area (Å²) in [4.78, 5) is 0. The molecule has 2 fully saturated rings. The molecule has 2 atom stereocenters. The first kappa shape index (κ1) is 11.7. The maximum atomic E-state index is 15.3. The third-order valence-electron chi connectivity index (χ3n) is 3.99. The number of nitrogens with one attached hydrogen (secondary N) is 1. The Hall–Kier alpha value is -0.420. The third-order valence-corrected chi connectivity index (χ3v) is 4.57. The van der Waals surface area contributed by atoms with E-state index in [1.54, 1.807) is 10.9 Å². The predicted molar refractivity (Wildman–Crippen MR) is 67.6 cm³/mol. The molecule has 3 rings (SSSR count). The van der Waals surface area contributed by atoms with E-state index in [0.717, 1.165) is 29.6 Å². The molecule has 2 aliphatic heterocycles. The summed E-state index contributed by atoms with van der Waals surface area (Å²) in [6, 6.07) is 0.678. The second-order valence-corrected chi connectivity index (χ2v) is 6.02. The van der Waals surface area contributed by atoms with E-state index < -0.39 is 5.67 Å². The number of halogens is 2. The lowest BCUT2D eigenvalue weighted by Gasteiger charge is -2.35. The Labute approximate surface area is 109 Å². The van der Waals surface area contributed by atoms with E-state index in [2.05, 4.69) is 26.3 Å². The fourth-order valence-corrected chi connectivity index (χ4v) is 3.98. The van der Waals surface area contributed by atoms with E-state index >= 15 is 4.39 Å². The molecule has 17 heavy (non-hydrogen) atoms. The van der Waals surface area contributed by atoms with Crippen LogP contribution >= 0.6 is 15.9 Å². The number of aromatic nitrogens is 2. The van der Waals surface area contributed by atoms with Crippen LogP contribution in [0.4, 0.5) is 4.39 Å². The van der Waals surface area contributed by atoms with Crippen molar-refractivity contribution in [3.8, 4) is 0 Å². The minimum atomic E-state index is -1.22. The molecule has 0 amide bonds. The minimum absolute atomic E-state index is 0.339. The molecule has 1 aromatic rings. The Balaban J connectivity index is 1.99. The molecule has 0 spiro atoms. The molecular weight excluding hydrogens is 285 g/mol. The highest BCUT2D eigenvalue weighted by atomic mass is 79.9. The first-order chi connectivity index (χ1) is 8.12. The van der Waals surface area contributed by atoms with Gasteiger partial charge in [0.15, 0.2) is 5.67 Å². The molecule has 2 unspecified atom stereocenters. The van der Waals surface area contributed by atoms with E-state index in [0.29, 0.717) is 24.9 Å². The highest BCUT2D eigenvalue weighted by Crippen LogP contribution is 2.45. The van der Waals surface area contributed by atoms with Crippen LogP contribution in [0.3, 0.4) is 0 Å². The number of rotatable bonds is 2. The lowest BCUT2D eigenvalue weighted by atomic mass is 9.86. The van der Waals surface area contributed by atoms with Crippen molar-refractivity contribution in [1.29, 1.82) is 0 Å². The second kappa shape index (κ2) is 4.05. The first-order valence-corrected chi connectivity index (χ1v) is 7.08. The van der Waals surface area contributed by atoms with Crippen LogP contribution in [0.2, 0.25) is 0 Å². The maximum Gasteiger partial charge on any atom is 0.156 e. The summed E-state index contributed by atoms with van der Waals surface area (Å²) in [5.74, 6) is 0. The molecule has 0 aromatic carbocycles. The Morgan fingerprint density at radius 3 is 2.76 bits per heavy atom. The molecule has 0 saturated carbocycles. The SMILES string of the molecule is CCn1ncc(Br)c1C1(F)CC2CCC(C1)N2. The van der Waals surface area contributed by atoms with Crippen molar-refractivity contribution < 1.29 is 4.39 Å². The molecule has 0 aliphatic carbocycles. The number of aryl methyl sites for hydroxylation is 1. The summed E-state index contributed by atoms with van der Waals surface area (Å²) < 4.78 is 17.9. The Kier molecular flexibility index (Phi) is 2.78. The van der Waals surface area contributed by atoms with Gasteiger partial charge in [0.1, 0.15) is 0 Å². The molecule has 2 saturated heterocycles. The Bertz CT molecular complexity index is 419. The first-order valence-electron chi connectivity index (χ1n) is 6.29. The van der Waals surface area contributed by atoms with Gasteiger partial charge in [0, 0.05) is 31.5 Å². The van der Waals surface area contributed by atoms with Crippen molar-refractivity contribution in [2.45, 2.75) is 56.9 Å². The quantitative estimate of drug-likeness (QED) is 0.910. The average Bonchev–Trinajstić information content (AvgIpc) is 2.82. The smallest absolute Gasteiger partial charge is 0.156 e. The zero-order chi connectivity index (χ0) is 12.0. The topological polar surface area (TPSA) is 29.9 Å². The van der Waals surface area contributed by atoms with Gasteiger partial charge in [-0.25, -0.2) is 4.39 Å². The van der Waals surface area contributed by atoms with Crippen LogP contribution in [0.5, 0.6) is 0 Å². The standard InChI is InChI=1S/C12H17BrFN3/c1-2-17-11(10(13)7-15-17)12(14)5-8-3-4-9(6-12)16-8/h7-9,16H,2-6H2,1H3. The molecule has 3 nitrogen and oxygen atoms in total. The van der Waals surface area contributed by atoms with Gasteiger partial charge in [0.25, 0.3) is 0 Å². The van der Waals surface area contributed by atoms with Crippen molar-refractivity contribution in [3.63, 3.8) is 0 Å². The number of piperidine rings is 1. The van der Waals surface area contributed by atoms with Crippen LogP contribution in [0.15, 0.2) is 10.7 Å². The van der Waals surface area contributed by atoms with Crippen LogP contribution in [0.1, 0.15) is 38.3 Å². The van der Waals surface area contributed by atoms with E-state index in [9.17, 15) is 0 Å². The lowest BCUT2D eigenvalue weighted by Crippen LogP contribution is -2.45. The zero-order valence-corrected chi connectivity index (χ0v) is 11.5. The normalized spacial score (nSPS) is 36.4. The molecule has 1 aromatic heterocycles. The van der Waals surface area contributed by atoms with Crippen LogP contribution in [0.25, 0.3) is 0 Å². The highest BCUT2D eigenvalue weighted by molar-refractivity contribution is 9.10. The van der Waals surface area contributed by atoms with Crippen LogP contribution in [0, 0.1) is 0 Å². The predicted octanol–water partition coefficient (Wildman–Crippen LogP) is 2.74. The summed E-state index contributed by atoms with van der Waals surface area (Å²) in [5, 5.41) is 7.71. The monoisotopic (exact) mass is 301 g/mol. The largest absolute Gasteiger partial charge is 0.311 e. The Morgan fingerprint density at radius 1 is 1.53 bits per heavy atom. The molecular formula is C12H17BrFN3. The van der Waals surface area contributed by atoms with Crippen molar-refractivity contribution in [2.24, 2.45) is 0 Å². The minimum Gasteiger partial charge on any atom is -0.311 e. The van der Waals surface area contributed by atoms with Gasteiger partial charge in [-0.1, -0.05) is 0 Å². The molecule has 1 N–H and O–H groups in total. The van der Waals surface area contributed by atoms with Gasteiger partial charge < -0.3 is 5.32 Å². The number of fused-ring (bicyclic) bond motifs is 2. The van der Waals surface area contributed by atoms with Crippen molar-refractivity contribution in [3.05, 3.63) is 16.4 Å². The van der Waals surface area contributed by atoms with Gasteiger partial charge in [0.2, 0.25) is 0 Å². The van der Waals surface area contributed by atoms with Crippen molar-refractivity contribution >= 4 is 15.9 Å². The van der Waals surface area contributed by atoms with E-state index in [1.807, 2.05) is 6.92 Å². The molecule has 2 bridgehead atoms. The van der Waals surface area contributed by atoms with E-state index in [4.69, 9.17) is 0 Å². The van der Waals surface area contributed by atoms with Crippen LogP contribution in [-0.4, -0.2) is 21.9 Å². The maximum absolute atomic E-state index is 15.3. The molecule has 3 heterocycles. The third kappa shape index (κ3) is 1.83. The van der Waals surface area contributed by atoms with E-state index in [1.165, 1.54) is 0 Å². The fraction of sp³-hybridized carbons (Fsp3) is 0.750. The van der Waals surface area contributed by atoms with Gasteiger partial charge in [-0.3, -0.25) is 4.68 Å². The molecule has 5 heteroatoms. The number of hydrogen-bond donors (Lipinski definition) is 1. The number of alkyl halides is 1. The van der Waals surface area contributed by atoms with Gasteiger partial charge in [0.05, 0.1) is 16.4 Å². The van der Waals surface area contributed by atoms with Crippen LogP contribution < -0.4 is 5.32 Å². The van der Waals surface area contributed by atoms with Gasteiger partial charge in [-0.15, -0.1) is 0 Å². The summed E-state index contributed by atoms with van der Waals surface area (Å²) in [5.41, 5.74) is -0.485. The summed E-state index contributed by atoms with van der Waals surface area (Å²) >= 11 is 3.45.